The Balaban J connectivity index is 1.82. The van der Waals surface area contributed by atoms with Gasteiger partial charge in [0.2, 0.25) is 11.8 Å². The standard InChI is InChI=1S/C14H17N3O2/c1-9-6-10-4-2-3-5-12(10)17(9)14(19)11-7-16-13(18)8-15-11/h2-5,9,11,15H,6-8H2,1H3,(H,16,18). The van der Waals surface area contributed by atoms with Crippen LogP contribution >= 0.6 is 0 Å². The van der Waals surface area contributed by atoms with Crippen LogP contribution in [-0.2, 0) is 16.0 Å². The molecular formula is C14H17N3O2. The molecule has 0 radical (unpaired) electrons. The van der Waals surface area contributed by atoms with E-state index in [-0.39, 0.29) is 30.4 Å². The van der Waals surface area contributed by atoms with E-state index in [9.17, 15) is 9.59 Å². The van der Waals surface area contributed by atoms with Crippen LogP contribution in [0.25, 0.3) is 0 Å². The number of hydrogen-bond acceptors (Lipinski definition) is 3. The van der Waals surface area contributed by atoms with Crippen LogP contribution in [0.5, 0.6) is 0 Å². The highest BCUT2D eigenvalue weighted by Crippen LogP contribution is 2.32. The van der Waals surface area contributed by atoms with Crippen LogP contribution in [0.3, 0.4) is 0 Å². The van der Waals surface area contributed by atoms with Gasteiger partial charge in [-0.1, -0.05) is 18.2 Å². The normalized spacial score (nSPS) is 25.9. The molecule has 0 bridgehead atoms. The molecule has 2 amide bonds. The van der Waals surface area contributed by atoms with Crippen molar-refractivity contribution >= 4 is 17.5 Å². The first-order chi connectivity index (χ1) is 9.16. The predicted molar refractivity (Wildman–Crippen MR) is 71.9 cm³/mol. The van der Waals surface area contributed by atoms with Gasteiger partial charge in [-0.05, 0) is 25.0 Å². The van der Waals surface area contributed by atoms with Crippen molar-refractivity contribution in [2.75, 3.05) is 18.0 Å². The molecule has 2 aliphatic rings. The van der Waals surface area contributed by atoms with E-state index in [4.69, 9.17) is 0 Å². The molecule has 5 heteroatoms. The SMILES string of the molecule is CC1Cc2ccccc2N1C(=O)C1CNC(=O)CN1. The van der Waals surface area contributed by atoms with E-state index < -0.39 is 0 Å². The minimum Gasteiger partial charge on any atom is -0.353 e. The van der Waals surface area contributed by atoms with Gasteiger partial charge in [0.1, 0.15) is 6.04 Å². The van der Waals surface area contributed by atoms with Crippen LogP contribution in [0.15, 0.2) is 24.3 Å². The third kappa shape index (κ3) is 2.10. The molecule has 5 nitrogen and oxygen atoms in total. The van der Waals surface area contributed by atoms with Gasteiger partial charge < -0.3 is 10.2 Å². The van der Waals surface area contributed by atoms with E-state index in [0.29, 0.717) is 6.54 Å². The van der Waals surface area contributed by atoms with Crippen LogP contribution in [0.4, 0.5) is 5.69 Å². The van der Waals surface area contributed by atoms with Crippen molar-refractivity contribution < 1.29 is 9.59 Å². The molecule has 1 aromatic carbocycles. The Bertz CT molecular complexity index is 519. The number of para-hydroxylation sites is 1. The molecule has 100 valence electrons. The Kier molecular flexibility index (Phi) is 2.98. The second-order valence-electron chi connectivity index (χ2n) is 5.13. The Morgan fingerprint density at radius 3 is 2.89 bits per heavy atom. The second kappa shape index (κ2) is 4.66. The van der Waals surface area contributed by atoms with E-state index in [1.165, 1.54) is 5.56 Å². The topological polar surface area (TPSA) is 61.4 Å². The zero-order valence-corrected chi connectivity index (χ0v) is 10.8. The molecular weight excluding hydrogens is 242 g/mol. The smallest absolute Gasteiger partial charge is 0.246 e. The lowest BCUT2D eigenvalue weighted by Gasteiger charge is -2.30. The molecule has 1 fully saturated rings. The van der Waals surface area contributed by atoms with E-state index in [2.05, 4.69) is 23.6 Å². The van der Waals surface area contributed by atoms with Crippen LogP contribution in [0.2, 0.25) is 0 Å². The molecule has 3 rings (SSSR count). The average molecular weight is 259 g/mol. The van der Waals surface area contributed by atoms with E-state index in [1.807, 2.05) is 23.1 Å². The summed E-state index contributed by atoms with van der Waals surface area (Å²) in [5, 5.41) is 5.72. The third-order valence-corrected chi connectivity index (χ3v) is 3.76. The number of fused-ring (bicyclic) bond motifs is 1. The molecule has 0 spiro atoms. The lowest BCUT2D eigenvalue weighted by Crippen LogP contribution is -2.59. The maximum absolute atomic E-state index is 12.6. The Hall–Kier alpha value is -1.88. The summed E-state index contributed by atoms with van der Waals surface area (Å²) in [5.74, 6) is -0.0172. The zero-order chi connectivity index (χ0) is 13.4. The van der Waals surface area contributed by atoms with Gasteiger partial charge in [0.05, 0.1) is 6.54 Å². The van der Waals surface area contributed by atoms with Gasteiger partial charge in [0, 0.05) is 18.3 Å². The number of amides is 2. The maximum Gasteiger partial charge on any atom is 0.246 e. The van der Waals surface area contributed by atoms with Crippen molar-refractivity contribution in [3.05, 3.63) is 29.8 Å². The van der Waals surface area contributed by atoms with Crippen molar-refractivity contribution in [3.63, 3.8) is 0 Å². The molecule has 1 aromatic rings. The summed E-state index contributed by atoms with van der Waals surface area (Å²) in [6.45, 7) is 2.63. The Morgan fingerprint density at radius 2 is 2.16 bits per heavy atom. The average Bonchev–Trinajstić information content (AvgIpc) is 2.74. The summed E-state index contributed by atoms with van der Waals surface area (Å²) >= 11 is 0. The molecule has 2 N–H and O–H groups in total. The third-order valence-electron chi connectivity index (χ3n) is 3.76. The van der Waals surface area contributed by atoms with Gasteiger partial charge in [0.15, 0.2) is 0 Å². The number of nitrogens with one attached hydrogen (secondary N) is 2. The number of anilines is 1. The highest BCUT2D eigenvalue weighted by Gasteiger charge is 2.35. The lowest BCUT2D eigenvalue weighted by molar-refractivity contribution is -0.125. The van der Waals surface area contributed by atoms with Crippen LogP contribution in [-0.4, -0.2) is 37.0 Å². The summed E-state index contributed by atoms with van der Waals surface area (Å²) in [7, 11) is 0. The fraction of sp³-hybridized carbons (Fsp3) is 0.429. The molecule has 0 saturated carbocycles. The first kappa shape index (κ1) is 12.2. The summed E-state index contributed by atoms with van der Waals surface area (Å²) < 4.78 is 0. The Morgan fingerprint density at radius 1 is 1.37 bits per heavy atom. The minimum absolute atomic E-state index is 0.0393. The number of hydrogen-bond donors (Lipinski definition) is 2. The predicted octanol–water partition coefficient (Wildman–Crippen LogP) is 0.0522. The highest BCUT2D eigenvalue weighted by molar-refractivity contribution is 6.00. The fourth-order valence-corrected chi connectivity index (χ4v) is 2.81. The van der Waals surface area contributed by atoms with Gasteiger partial charge in [0.25, 0.3) is 0 Å². The van der Waals surface area contributed by atoms with Crippen molar-refractivity contribution in [3.8, 4) is 0 Å². The summed E-state index contributed by atoms with van der Waals surface area (Å²) in [6, 6.07) is 7.84. The number of piperazine rings is 1. The summed E-state index contributed by atoms with van der Waals surface area (Å²) in [6.07, 6.45) is 0.890. The number of carbonyl (C=O) groups excluding carboxylic acids is 2. The number of nitrogens with zero attached hydrogens (tertiary/aromatic N) is 1. The molecule has 1 saturated heterocycles. The van der Waals surface area contributed by atoms with E-state index in [0.717, 1.165) is 12.1 Å². The molecule has 0 aromatic heterocycles. The van der Waals surface area contributed by atoms with Crippen LogP contribution in [0.1, 0.15) is 12.5 Å². The quantitative estimate of drug-likeness (QED) is 0.749. The minimum atomic E-state index is -0.327. The van der Waals surface area contributed by atoms with Crippen molar-refractivity contribution in [1.29, 1.82) is 0 Å². The zero-order valence-electron chi connectivity index (χ0n) is 10.8. The van der Waals surface area contributed by atoms with Crippen molar-refractivity contribution in [2.45, 2.75) is 25.4 Å². The van der Waals surface area contributed by atoms with Gasteiger partial charge in [-0.15, -0.1) is 0 Å². The largest absolute Gasteiger partial charge is 0.353 e. The molecule has 2 aliphatic heterocycles. The number of carbonyl (C=O) groups is 2. The summed E-state index contributed by atoms with van der Waals surface area (Å²) in [4.78, 5) is 25.6. The lowest BCUT2D eigenvalue weighted by atomic mass is 10.1. The summed E-state index contributed by atoms with van der Waals surface area (Å²) in [5.41, 5.74) is 2.21. The highest BCUT2D eigenvalue weighted by atomic mass is 16.2. The van der Waals surface area contributed by atoms with E-state index in [1.54, 1.807) is 0 Å². The monoisotopic (exact) mass is 259 g/mol. The van der Waals surface area contributed by atoms with Crippen molar-refractivity contribution in [1.82, 2.24) is 10.6 Å². The second-order valence-corrected chi connectivity index (χ2v) is 5.13. The molecule has 2 atom stereocenters. The first-order valence-corrected chi connectivity index (χ1v) is 6.58. The van der Waals surface area contributed by atoms with Gasteiger partial charge in [-0.25, -0.2) is 0 Å². The van der Waals surface area contributed by atoms with Crippen LogP contribution < -0.4 is 15.5 Å². The Labute approximate surface area is 112 Å². The molecule has 0 aliphatic carbocycles. The van der Waals surface area contributed by atoms with Gasteiger partial charge in [-0.2, -0.15) is 0 Å². The number of rotatable bonds is 1. The molecule has 19 heavy (non-hydrogen) atoms. The van der Waals surface area contributed by atoms with Gasteiger partial charge >= 0.3 is 0 Å². The molecule has 2 heterocycles. The molecule has 2 unspecified atom stereocenters. The van der Waals surface area contributed by atoms with Crippen molar-refractivity contribution in [2.24, 2.45) is 0 Å². The van der Waals surface area contributed by atoms with Crippen LogP contribution in [0, 0.1) is 0 Å². The maximum atomic E-state index is 12.6. The first-order valence-electron chi connectivity index (χ1n) is 6.58. The van der Waals surface area contributed by atoms with Gasteiger partial charge in [-0.3, -0.25) is 14.9 Å². The van der Waals surface area contributed by atoms with E-state index >= 15 is 0 Å². The number of benzene rings is 1. The fourth-order valence-electron chi connectivity index (χ4n) is 2.81.